The van der Waals surface area contributed by atoms with Gasteiger partial charge < -0.3 is 19.4 Å². The zero-order chi connectivity index (χ0) is 21.5. The summed E-state index contributed by atoms with van der Waals surface area (Å²) >= 11 is 0. The number of rotatable bonds is 9. The van der Waals surface area contributed by atoms with Crippen molar-refractivity contribution < 1.29 is 9.53 Å². The van der Waals surface area contributed by atoms with Gasteiger partial charge in [-0.25, -0.2) is 0 Å². The molecule has 164 valence electrons. The van der Waals surface area contributed by atoms with Gasteiger partial charge in [0.2, 0.25) is 0 Å². The summed E-state index contributed by atoms with van der Waals surface area (Å²) in [6, 6.07) is 8.71. The van der Waals surface area contributed by atoms with Gasteiger partial charge in [-0.15, -0.1) is 5.10 Å². The van der Waals surface area contributed by atoms with Crippen molar-refractivity contribution >= 4 is 5.91 Å². The van der Waals surface area contributed by atoms with E-state index in [1.54, 1.807) is 18.0 Å². The molecule has 1 aliphatic rings. The molecule has 0 saturated carbocycles. The number of carbonyl (C=O) groups is 1. The molecule has 1 aromatic heterocycles. The molecule has 1 atom stereocenters. The summed E-state index contributed by atoms with van der Waals surface area (Å²) in [5.74, 6) is 0.873. The van der Waals surface area contributed by atoms with Crippen molar-refractivity contribution in [1.29, 1.82) is 0 Å². The SMILES string of the molecule is COc1ccc(CC[C@@H](C)N(C)CCn2cc(C(=O)N3CCN(C)CC3)nn2)cc1. The lowest BCUT2D eigenvalue weighted by Crippen LogP contribution is -2.47. The van der Waals surface area contributed by atoms with Crippen LogP contribution in [0.15, 0.2) is 30.5 Å². The lowest BCUT2D eigenvalue weighted by molar-refractivity contribution is 0.0658. The molecule has 0 N–H and O–H groups in total. The van der Waals surface area contributed by atoms with Crippen LogP contribution in [0.4, 0.5) is 0 Å². The van der Waals surface area contributed by atoms with Crippen molar-refractivity contribution in [3.05, 3.63) is 41.7 Å². The molecule has 1 fully saturated rings. The van der Waals surface area contributed by atoms with E-state index < -0.39 is 0 Å². The van der Waals surface area contributed by atoms with Gasteiger partial charge in [0, 0.05) is 38.8 Å². The number of benzene rings is 1. The number of likely N-dealkylation sites (N-methyl/N-ethyl adjacent to an activating group) is 2. The Bertz CT molecular complexity index is 798. The molecule has 30 heavy (non-hydrogen) atoms. The number of aryl methyl sites for hydroxylation is 1. The number of carbonyl (C=O) groups excluding carboxylic acids is 1. The fourth-order valence-corrected chi connectivity index (χ4v) is 3.55. The molecule has 1 aromatic carbocycles. The normalized spacial score (nSPS) is 16.1. The molecule has 1 aliphatic heterocycles. The van der Waals surface area contributed by atoms with Gasteiger partial charge in [0.1, 0.15) is 5.75 Å². The van der Waals surface area contributed by atoms with Gasteiger partial charge >= 0.3 is 0 Å². The second-order valence-corrected chi connectivity index (χ2v) is 8.18. The van der Waals surface area contributed by atoms with Gasteiger partial charge in [0.15, 0.2) is 5.69 Å². The Morgan fingerprint density at radius 1 is 1.20 bits per heavy atom. The second kappa shape index (κ2) is 10.5. The molecule has 2 heterocycles. The van der Waals surface area contributed by atoms with E-state index in [1.165, 1.54) is 5.56 Å². The van der Waals surface area contributed by atoms with Crippen molar-refractivity contribution in [2.24, 2.45) is 0 Å². The van der Waals surface area contributed by atoms with Crippen LogP contribution in [0.2, 0.25) is 0 Å². The summed E-state index contributed by atoms with van der Waals surface area (Å²) in [5, 5.41) is 8.26. The Morgan fingerprint density at radius 2 is 1.90 bits per heavy atom. The number of hydrogen-bond donors (Lipinski definition) is 0. The van der Waals surface area contributed by atoms with E-state index in [0.717, 1.165) is 51.3 Å². The summed E-state index contributed by atoms with van der Waals surface area (Å²) in [5.41, 5.74) is 1.76. The molecule has 0 spiro atoms. The first-order valence-corrected chi connectivity index (χ1v) is 10.7. The molecule has 0 bridgehead atoms. The highest BCUT2D eigenvalue weighted by atomic mass is 16.5. The van der Waals surface area contributed by atoms with Crippen molar-refractivity contribution in [1.82, 2.24) is 29.7 Å². The van der Waals surface area contributed by atoms with Gasteiger partial charge in [-0.3, -0.25) is 9.48 Å². The monoisotopic (exact) mass is 414 g/mol. The van der Waals surface area contributed by atoms with E-state index in [-0.39, 0.29) is 5.91 Å². The third kappa shape index (κ3) is 6.03. The Labute approximate surface area is 179 Å². The van der Waals surface area contributed by atoms with E-state index in [9.17, 15) is 4.79 Å². The molecule has 3 rings (SSSR count). The van der Waals surface area contributed by atoms with Crippen LogP contribution in [0.1, 0.15) is 29.4 Å². The van der Waals surface area contributed by atoms with E-state index in [1.807, 2.05) is 17.0 Å². The molecule has 0 unspecified atom stereocenters. The van der Waals surface area contributed by atoms with Crippen LogP contribution in [0, 0.1) is 0 Å². The van der Waals surface area contributed by atoms with Gasteiger partial charge in [0.25, 0.3) is 5.91 Å². The molecule has 1 saturated heterocycles. The van der Waals surface area contributed by atoms with E-state index >= 15 is 0 Å². The highest BCUT2D eigenvalue weighted by Gasteiger charge is 2.22. The topological polar surface area (TPSA) is 66.7 Å². The zero-order valence-electron chi connectivity index (χ0n) is 18.6. The number of methoxy groups -OCH3 is 1. The Hall–Kier alpha value is -2.45. The summed E-state index contributed by atoms with van der Waals surface area (Å²) in [6.07, 6.45) is 3.88. The number of piperazine rings is 1. The quantitative estimate of drug-likeness (QED) is 0.621. The summed E-state index contributed by atoms with van der Waals surface area (Å²) in [4.78, 5) is 19.0. The molecular formula is C22H34N6O2. The highest BCUT2D eigenvalue weighted by Crippen LogP contribution is 2.14. The van der Waals surface area contributed by atoms with Crippen molar-refractivity contribution in [2.45, 2.75) is 32.4 Å². The van der Waals surface area contributed by atoms with Crippen LogP contribution in [0.3, 0.4) is 0 Å². The number of amides is 1. The minimum Gasteiger partial charge on any atom is -0.497 e. The average molecular weight is 415 g/mol. The number of hydrogen-bond acceptors (Lipinski definition) is 6. The zero-order valence-corrected chi connectivity index (χ0v) is 18.6. The predicted molar refractivity (Wildman–Crippen MR) is 117 cm³/mol. The van der Waals surface area contributed by atoms with Crippen molar-refractivity contribution in [3.8, 4) is 5.75 Å². The Balaban J connectivity index is 1.42. The van der Waals surface area contributed by atoms with Crippen molar-refractivity contribution in [2.75, 3.05) is 53.9 Å². The van der Waals surface area contributed by atoms with Gasteiger partial charge in [-0.1, -0.05) is 17.3 Å². The lowest BCUT2D eigenvalue weighted by atomic mass is 10.1. The molecule has 0 radical (unpaired) electrons. The van der Waals surface area contributed by atoms with E-state index in [0.29, 0.717) is 18.3 Å². The van der Waals surface area contributed by atoms with Crippen LogP contribution in [0.5, 0.6) is 5.75 Å². The molecule has 1 amide bonds. The standard InChI is InChI=1S/C22H34N6O2/c1-18(5-6-19-7-9-20(30-4)10-8-19)26(3)13-16-28-17-21(23-24-28)22(29)27-14-11-25(2)12-15-27/h7-10,17-18H,5-6,11-16H2,1-4H3/t18-/m1/s1. The largest absolute Gasteiger partial charge is 0.497 e. The fourth-order valence-electron chi connectivity index (χ4n) is 3.55. The van der Waals surface area contributed by atoms with Crippen LogP contribution in [-0.2, 0) is 13.0 Å². The van der Waals surface area contributed by atoms with Gasteiger partial charge in [-0.05, 0) is 51.6 Å². The first-order chi connectivity index (χ1) is 14.5. The molecule has 8 heteroatoms. The first kappa shape index (κ1) is 22.2. The molecule has 8 nitrogen and oxygen atoms in total. The maximum atomic E-state index is 12.6. The van der Waals surface area contributed by atoms with E-state index in [4.69, 9.17) is 4.74 Å². The fraction of sp³-hybridized carbons (Fsp3) is 0.591. The minimum atomic E-state index is -0.0180. The summed E-state index contributed by atoms with van der Waals surface area (Å²) < 4.78 is 6.99. The van der Waals surface area contributed by atoms with Gasteiger partial charge in [0.05, 0.1) is 19.9 Å². The number of aromatic nitrogens is 3. The Morgan fingerprint density at radius 3 is 2.57 bits per heavy atom. The number of ether oxygens (including phenoxy) is 1. The third-order valence-corrected chi connectivity index (χ3v) is 5.99. The smallest absolute Gasteiger partial charge is 0.276 e. The van der Waals surface area contributed by atoms with Crippen LogP contribution >= 0.6 is 0 Å². The third-order valence-electron chi connectivity index (χ3n) is 5.99. The highest BCUT2D eigenvalue weighted by molar-refractivity contribution is 5.92. The molecular weight excluding hydrogens is 380 g/mol. The molecule has 2 aromatic rings. The van der Waals surface area contributed by atoms with Crippen LogP contribution in [-0.4, -0.2) is 95.6 Å². The van der Waals surface area contributed by atoms with E-state index in [2.05, 4.69) is 53.3 Å². The Kier molecular flexibility index (Phi) is 7.81. The average Bonchev–Trinajstić information content (AvgIpc) is 3.25. The molecule has 0 aliphatic carbocycles. The minimum absolute atomic E-state index is 0.0180. The second-order valence-electron chi connectivity index (χ2n) is 8.18. The van der Waals surface area contributed by atoms with Crippen LogP contribution in [0.25, 0.3) is 0 Å². The summed E-state index contributed by atoms with van der Waals surface area (Å²) in [6.45, 7) is 7.11. The first-order valence-electron chi connectivity index (χ1n) is 10.7. The van der Waals surface area contributed by atoms with Gasteiger partial charge in [-0.2, -0.15) is 0 Å². The number of nitrogens with zero attached hydrogens (tertiary/aromatic N) is 6. The lowest BCUT2D eigenvalue weighted by Gasteiger charge is -2.31. The predicted octanol–water partition coefficient (Wildman–Crippen LogP) is 1.63. The summed E-state index contributed by atoms with van der Waals surface area (Å²) in [7, 11) is 5.89. The van der Waals surface area contributed by atoms with Crippen LogP contribution < -0.4 is 4.74 Å². The maximum Gasteiger partial charge on any atom is 0.276 e. The maximum absolute atomic E-state index is 12.6. The van der Waals surface area contributed by atoms with Crippen molar-refractivity contribution in [3.63, 3.8) is 0 Å².